The van der Waals surface area contributed by atoms with Crippen LogP contribution < -0.4 is 0 Å². The highest BCUT2D eigenvalue weighted by Gasteiger charge is 2.63. The summed E-state index contributed by atoms with van der Waals surface area (Å²) in [7, 11) is 0. The van der Waals surface area contributed by atoms with Gasteiger partial charge in [-0.2, -0.15) is 0 Å². The second-order valence-corrected chi connectivity index (χ2v) is 6.81. The lowest BCUT2D eigenvalue weighted by atomic mass is 9.90. The summed E-state index contributed by atoms with van der Waals surface area (Å²) >= 11 is 0. The lowest BCUT2D eigenvalue weighted by Crippen LogP contribution is -2.53. The number of aliphatic hydroxyl groups is 4. The van der Waals surface area contributed by atoms with Crippen LogP contribution in [-0.2, 0) is 0 Å². The van der Waals surface area contributed by atoms with Gasteiger partial charge in [-0.3, -0.25) is 4.90 Å². The fraction of sp³-hybridized carbons (Fsp3) is 0.579. The first-order valence-corrected chi connectivity index (χ1v) is 8.54. The maximum atomic E-state index is 9.95. The van der Waals surface area contributed by atoms with Gasteiger partial charge in [-0.05, 0) is 38.4 Å². The molecule has 1 aliphatic carbocycles. The Balaban J connectivity index is 1.40. The number of nitrogens with zero attached hydrogens (tertiary/aromatic N) is 1. The van der Waals surface area contributed by atoms with Gasteiger partial charge in [0.15, 0.2) is 0 Å². The third kappa shape index (κ3) is 3.49. The molecule has 4 N–H and O–H groups in total. The molecular weight excluding hydrogens is 306 g/mol. The van der Waals surface area contributed by atoms with Crippen molar-refractivity contribution in [3.8, 4) is 11.8 Å². The zero-order valence-corrected chi connectivity index (χ0v) is 13.8. The zero-order chi connectivity index (χ0) is 17.3. The van der Waals surface area contributed by atoms with Crippen molar-refractivity contribution in [2.45, 2.75) is 62.7 Å². The van der Waals surface area contributed by atoms with Gasteiger partial charge in [-0.25, -0.2) is 0 Å². The van der Waals surface area contributed by atoms with Crippen LogP contribution in [0.1, 0.15) is 30.4 Å². The number of unbranched alkanes of at least 4 members (excludes halogenated alkanes) is 2. The molecule has 1 heterocycles. The van der Waals surface area contributed by atoms with E-state index in [4.69, 9.17) is 0 Å². The van der Waals surface area contributed by atoms with E-state index in [0.29, 0.717) is 0 Å². The molecule has 0 aromatic heterocycles. The lowest BCUT2D eigenvalue weighted by Gasteiger charge is -2.30. The van der Waals surface area contributed by atoms with E-state index in [1.165, 1.54) is 5.56 Å². The summed E-state index contributed by atoms with van der Waals surface area (Å²) in [6.07, 6.45) is -1.89. The largest absolute Gasteiger partial charge is 0.389 e. The van der Waals surface area contributed by atoms with E-state index in [-0.39, 0.29) is 12.1 Å². The monoisotopic (exact) mass is 331 g/mol. The fourth-order valence-electron chi connectivity index (χ4n) is 3.53. The van der Waals surface area contributed by atoms with Crippen molar-refractivity contribution in [1.82, 2.24) is 4.90 Å². The Hall–Kier alpha value is -1.42. The second kappa shape index (κ2) is 7.22. The maximum absolute atomic E-state index is 9.95. The van der Waals surface area contributed by atoms with Crippen LogP contribution in [0, 0.1) is 18.8 Å². The van der Waals surface area contributed by atoms with E-state index in [2.05, 4.69) is 11.8 Å². The quantitative estimate of drug-likeness (QED) is 0.355. The van der Waals surface area contributed by atoms with Crippen LogP contribution in [-0.4, -0.2) is 68.4 Å². The smallest absolute Gasteiger partial charge is 0.110 e. The Kier molecular flexibility index (Phi) is 5.24. The highest BCUT2D eigenvalue weighted by Crippen LogP contribution is 2.41. The number of aryl methyl sites for hydroxylation is 1. The number of likely N-dealkylation sites (tertiary alicyclic amines) is 1. The van der Waals surface area contributed by atoms with E-state index in [1.807, 2.05) is 36.1 Å². The molecule has 24 heavy (non-hydrogen) atoms. The van der Waals surface area contributed by atoms with Gasteiger partial charge in [-0.15, -0.1) is 0 Å². The summed E-state index contributed by atoms with van der Waals surface area (Å²) in [4.78, 5) is 1.96. The molecule has 0 amide bonds. The molecule has 2 fully saturated rings. The molecule has 1 saturated carbocycles. The average Bonchev–Trinajstić information content (AvgIpc) is 3.30. The van der Waals surface area contributed by atoms with Crippen LogP contribution >= 0.6 is 0 Å². The van der Waals surface area contributed by atoms with Gasteiger partial charge in [0.25, 0.3) is 0 Å². The predicted octanol–water partition coefficient (Wildman–Crippen LogP) is 0.0268. The summed E-state index contributed by atoms with van der Waals surface area (Å²) < 4.78 is 0. The Morgan fingerprint density at radius 2 is 1.46 bits per heavy atom. The summed E-state index contributed by atoms with van der Waals surface area (Å²) in [5, 5.41) is 39.3. The summed E-state index contributed by atoms with van der Waals surface area (Å²) in [5.41, 5.74) is 2.24. The molecule has 1 unspecified atom stereocenters. The normalized spacial score (nSPS) is 37.3. The molecule has 0 spiro atoms. The standard InChI is InChI=1S/C19H25NO4/c1-12-7-9-13(10-8-12)6-4-2-3-5-11-20-14-15(20)17(22)19(24)18(23)16(14)21/h7-10,14-19,21-24H,2-3,5,11H2,1H3/t14-,15+,16-,17-,18+,19+,20?/m1/s1. The molecule has 0 radical (unpaired) electrons. The molecule has 130 valence electrons. The van der Waals surface area contributed by atoms with Crippen LogP contribution in [0.4, 0.5) is 0 Å². The third-order valence-electron chi connectivity index (χ3n) is 5.03. The fourth-order valence-corrected chi connectivity index (χ4v) is 3.53. The van der Waals surface area contributed by atoms with Crippen molar-refractivity contribution in [2.24, 2.45) is 0 Å². The topological polar surface area (TPSA) is 83.9 Å². The number of hydrogen-bond donors (Lipinski definition) is 4. The maximum Gasteiger partial charge on any atom is 0.110 e. The highest BCUT2D eigenvalue weighted by molar-refractivity contribution is 5.35. The average molecular weight is 331 g/mol. The van der Waals surface area contributed by atoms with E-state index in [0.717, 1.165) is 31.4 Å². The molecule has 5 heteroatoms. The first kappa shape index (κ1) is 17.4. The Morgan fingerprint density at radius 1 is 0.875 bits per heavy atom. The SMILES string of the molecule is Cc1ccc(C#CCCCCN2[C@@H]3[C@@H](O)[C@H](O)[C@@H](O)[C@H](O)[C@@H]32)cc1. The molecule has 3 rings (SSSR count). The molecule has 1 aromatic rings. The van der Waals surface area contributed by atoms with E-state index < -0.39 is 24.4 Å². The minimum atomic E-state index is -1.27. The Labute approximate surface area is 142 Å². The summed E-state index contributed by atoms with van der Waals surface area (Å²) in [6, 6.07) is 7.65. The van der Waals surface area contributed by atoms with E-state index in [1.54, 1.807) is 0 Å². The van der Waals surface area contributed by atoms with Crippen LogP contribution in [0.5, 0.6) is 0 Å². The van der Waals surface area contributed by atoms with Crippen molar-refractivity contribution < 1.29 is 20.4 Å². The van der Waals surface area contributed by atoms with Gasteiger partial charge >= 0.3 is 0 Å². The van der Waals surface area contributed by atoms with Crippen molar-refractivity contribution in [1.29, 1.82) is 0 Å². The number of fused-ring (bicyclic) bond motifs is 1. The number of hydrogen-bond acceptors (Lipinski definition) is 5. The first-order chi connectivity index (χ1) is 11.5. The Bertz CT molecular complexity index is 600. The van der Waals surface area contributed by atoms with Crippen LogP contribution in [0.15, 0.2) is 24.3 Å². The van der Waals surface area contributed by atoms with Gasteiger partial charge in [-0.1, -0.05) is 29.5 Å². The molecule has 1 aliphatic heterocycles. The van der Waals surface area contributed by atoms with Gasteiger partial charge in [0.2, 0.25) is 0 Å². The van der Waals surface area contributed by atoms with Crippen molar-refractivity contribution in [2.75, 3.05) is 6.54 Å². The molecule has 2 aliphatic rings. The predicted molar refractivity (Wildman–Crippen MR) is 90.2 cm³/mol. The molecule has 1 saturated heterocycles. The minimum absolute atomic E-state index is 0.239. The van der Waals surface area contributed by atoms with E-state index >= 15 is 0 Å². The van der Waals surface area contributed by atoms with Crippen molar-refractivity contribution in [3.05, 3.63) is 35.4 Å². The zero-order valence-electron chi connectivity index (χ0n) is 13.8. The number of rotatable bonds is 4. The van der Waals surface area contributed by atoms with E-state index in [9.17, 15) is 20.4 Å². The molecule has 5 nitrogen and oxygen atoms in total. The lowest BCUT2D eigenvalue weighted by molar-refractivity contribution is -0.121. The second-order valence-electron chi connectivity index (χ2n) is 6.81. The number of benzene rings is 1. The highest BCUT2D eigenvalue weighted by atomic mass is 16.4. The Morgan fingerprint density at radius 3 is 2.04 bits per heavy atom. The van der Waals surface area contributed by atoms with Crippen LogP contribution in [0.2, 0.25) is 0 Å². The first-order valence-electron chi connectivity index (χ1n) is 8.54. The summed E-state index contributed by atoms with van der Waals surface area (Å²) in [6.45, 7) is 2.78. The van der Waals surface area contributed by atoms with Crippen LogP contribution in [0.25, 0.3) is 0 Å². The van der Waals surface area contributed by atoms with Crippen molar-refractivity contribution in [3.63, 3.8) is 0 Å². The summed E-state index contributed by atoms with van der Waals surface area (Å²) in [5.74, 6) is 6.30. The van der Waals surface area contributed by atoms with Gasteiger partial charge in [0, 0.05) is 12.0 Å². The van der Waals surface area contributed by atoms with Crippen LogP contribution in [0.3, 0.4) is 0 Å². The van der Waals surface area contributed by atoms with Crippen molar-refractivity contribution >= 4 is 0 Å². The number of aliphatic hydroxyl groups excluding tert-OH is 4. The molecule has 0 bridgehead atoms. The molecule has 7 atom stereocenters. The van der Waals surface area contributed by atoms with Gasteiger partial charge in [0.1, 0.15) is 12.2 Å². The molecule has 1 aromatic carbocycles. The minimum Gasteiger partial charge on any atom is -0.389 e. The van der Waals surface area contributed by atoms with Gasteiger partial charge in [0.05, 0.1) is 24.3 Å². The van der Waals surface area contributed by atoms with Gasteiger partial charge < -0.3 is 20.4 Å². The molecular formula is C19H25NO4. The third-order valence-corrected chi connectivity index (χ3v) is 5.03.